The largest absolute Gasteiger partial charge is 0.484 e. The average molecular weight is 558 g/mol. The zero-order chi connectivity index (χ0) is 28.5. The lowest BCUT2D eigenvalue weighted by Crippen LogP contribution is -2.32. The number of benzene rings is 2. The molecule has 0 saturated carbocycles. The van der Waals surface area contributed by atoms with Crippen molar-refractivity contribution in [2.75, 3.05) is 39.3 Å². The second kappa shape index (κ2) is 11.5. The molecule has 216 valence electrons. The zero-order valence-corrected chi connectivity index (χ0v) is 23.9. The molecule has 1 aliphatic heterocycles. The Morgan fingerprint density at radius 2 is 2.07 bits per heavy atom. The van der Waals surface area contributed by atoms with Gasteiger partial charge in [-0.05, 0) is 74.6 Å². The fraction of sp³-hybridized carbons (Fsp3) is 0.452. The number of aryl methyl sites for hydroxylation is 2. The van der Waals surface area contributed by atoms with Gasteiger partial charge in [-0.3, -0.25) is 14.7 Å². The number of aromatic nitrogens is 3. The van der Waals surface area contributed by atoms with Gasteiger partial charge >= 0.3 is 0 Å². The maximum atomic E-state index is 13.2. The number of fused-ring (bicyclic) bond motifs is 10. The van der Waals surface area contributed by atoms with Crippen molar-refractivity contribution in [1.82, 2.24) is 30.3 Å². The van der Waals surface area contributed by atoms with E-state index in [-0.39, 0.29) is 18.4 Å². The van der Waals surface area contributed by atoms with Gasteiger partial charge in [0.2, 0.25) is 0 Å². The number of hydrogen-bond donors (Lipinski definition) is 4. The van der Waals surface area contributed by atoms with Crippen molar-refractivity contribution in [3.8, 4) is 16.9 Å². The van der Waals surface area contributed by atoms with Crippen LogP contribution in [-0.2, 0) is 30.7 Å². The van der Waals surface area contributed by atoms with Crippen molar-refractivity contribution < 1.29 is 14.3 Å². The van der Waals surface area contributed by atoms with Crippen LogP contribution in [0, 0.1) is 0 Å². The summed E-state index contributed by atoms with van der Waals surface area (Å²) in [5.74, 6) is 0.447. The summed E-state index contributed by atoms with van der Waals surface area (Å²) in [5.41, 5.74) is 14.2. The first kappa shape index (κ1) is 27.3. The number of carbonyl (C=O) groups is 2. The molecule has 0 spiro atoms. The quantitative estimate of drug-likeness (QED) is 0.198. The lowest BCUT2D eigenvalue weighted by molar-refractivity contribution is -0.123. The van der Waals surface area contributed by atoms with E-state index in [1.165, 1.54) is 0 Å². The van der Waals surface area contributed by atoms with Crippen LogP contribution in [-0.4, -0.2) is 70.8 Å². The summed E-state index contributed by atoms with van der Waals surface area (Å²) in [6, 6.07) is 5.96. The third-order valence-electron chi connectivity index (χ3n) is 8.42. The van der Waals surface area contributed by atoms with Gasteiger partial charge < -0.3 is 30.6 Å². The third kappa shape index (κ3) is 4.85. The average Bonchev–Trinajstić information content (AvgIpc) is 3.70. The number of nitrogens with two attached hydrogens (primary N) is 1. The van der Waals surface area contributed by atoms with Gasteiger partial charge in [0.15, 0.2) is 6.61 Å². The maximum absolute atomic E-state index is 13.2. The summed E-state index contributed by atoms with van der Waals surface area (Å²) in [6.45, 7) is 9.62. The molecule has 4 aromatic rings. The molecule has 0 radical (unpaired) electrons. The number of H-pyrrole nitrogens is 1. The summed E-state index contributed by atoms with van der Waals surface area (Å²) >= 11 is 0. The standard InChI is InChI=1S/C31H39N7O3/c1-3-12-37(4-2)13-5-11-33-26(39)18-41-19-6-9-25-21(15-19)28-23-16-34-31(40)29(23)27-20(30(28)38(25)14-10-32)7-8-24-22(27)17-35-36-24/h6,9,15,17H,3-5,7-8,10-14,16,18,32H2,1-2H3,(H,33,39)(H,34,40)(H,35,36). The van der Waals surface area contributed by atoms with Crippen LogP contribution in [0.1, 0.15) is 53.9 Å². The van der Waals surface area contributed by atoms with Crippen LogP contribution >= 0.6 is 0 Å². The van der Waals surface area contributed by atoms with Crippen LogP contribution < -0.4 is 21.1 Å². The predicted octanol–water partition coefficient (Wildman–Crippen LogP) is 3.10. The molecular formula is C31H39N7O3. The Hall–Kier alpha value is -3.89. The molecule has 5 N–H and O–H groups in total. The molecule has 1 aliphatic carbocycles. The highest BCUT2D eigenvalue weighted by molar-refractivity contribution is 6.19. The molecular weight excluding hydrogens is 518 g/mol. The summed E-state index contributed by atoms with van der Waals surface area (Å²) in [4.78, 5) is 28.1. The Kier molecular flexibility index (Phi) is 7.68. The van der Waals surface area contributed by atoms with E-state index < -0.39 is 0 Å². The highest BCUT2D eigenvalue weighted by Crippen LogP contribution is 2.46. The van der Waals surface area contributed by atoms with Gasteiger partial charge in [-0.15, -0.1) is 0 Å². The Balaban J connectivity index is 1.31. The smallest absolute Gasteiger partial charge is 0.257 e. The van der Waals surface area contributed by atoms with Crippen molar-refractivity contribution in [3.05, 3.63) is 46.8 Å². The lowest BCUT2D eigenvalue weighted by atomic mass is 9.82. The molecule has 3 heterocycles. The predicted molar refractivity (Wildman–Crippen MR) is 160 cm³/mol. The fourth-order valence-electron chi connectivity index (χ4n) is 6.62. The number of rotatable bonds is 12. The van der Waals surface area contributed by atoms with Gasteiger partial charge in [-0.25, -0.2) is 0 Å². The van der Waals surface area contributed by atoms with E-state index in [2.05, 4.69) is 44.1 Å². The molecule has 2 amide bonds. The molecule has 10 nitrogen and oxygen atoms in total. The highest BCUT2D eigenvalue weighted by atomic mass is 16.5. The Morgan fingerprint density at radius 3 is 2.88 bits per heavy atom. The van der Waals surface area contributed by atoms with Crippen LogP contribution in [0.4, 0.5) is 0 Å². The normalized spacial score (nSPS) is 13.9. The van der Waals surface area contributed by atoms with Crippen molar-refractivity contribution >= 4 is 33.6 Å². The van der Waals surface area contributed by atoms with Gasteiger partial charge in [-0.1, -0.05) is 13.8 Å². The van der Waals surface area contributed by atoms with Crippen LogP contribution in [0.2, 0.25) is 0 Å². The molecule has 0 bridgehead atoms. The van der Waals surface area contributed by atoms with Crippen LogP contribution in [0.5, 0.6) is 5.75 Å². The molecule has 10 heteroatoms. The molecule has 2 aliphatic rings. The first-order valence-corrected chi connectivity index (χ1v) is 14.8. The minimum atomic E-state index is -0.130. The topological polar surface area (TPSA) is 130 Å². The van der Waals surface area contributed by atoms with Gasteiger partial charge in [0.05, 0.1) is 17.3 Å². The molecule has 0 saturated heterocycles. The third-order valence-corrected chi connectivity index (χ3v) is 8.42. The number of carbonyl (C=O) groups excluding carboxylic acids is 2. The van der Waals surface area contributed by atoms with E-state index in [1.54, 1.807) is 0 Å². The van der Waals surface area contributed by atoms with E-state index in [1.807, 2.05) is 24.4 Å². The van der Waals surface area contributed by atoms with Crippen molar-refractivity contribution in [2.45, 2.75) is 52.6 Å². The Labute approximate surface area is 239 Å². The van der Waals surface area contributed by atoms with Crippen LogP contribution in [0.3, 0.4) is 0 Å². The van der Waals surface area contributed by atoms with Gasteiger partial charge in [0.25, 0.3) is 11.8 Å². The number of nitrogens with zero attached hydrogens (tertiary/aromatic N) is 3. The number of hydrogen-bond acceptors (Lipinski definition) is 6. The number of nitrogens with one attached hydrogen (secondary N) is 3. The minimum absolute atomic E-state index is 0.0454. The number of aromatic amines is 1. The van der Waals surface area contributed by atoms with Crippen molar-refractivity contribution in [1.29, 1.82) is 0 Å². The minimum Gasteiger partial charge on any atom is -0.484 e. The zero-order valence-electron chi connectivity index (χ0n) is 23.9. The maximum Gasteiger partial charge on any atom is 0.257 e. The van der Waals surface area contributed by atoms with E-state index in [9.17, 15) is 9.59 Å². The number of ether oxygens (including phenoxy) is 1. The second-order valence-corrected chi connectivity index (χ2v) is 10.9. The molecule has 0 unspecified atom stereocenters. The Bertz CT molecular complexity index is 1620. The summed E-state index contributed by atoms with van der Waals surface area (Å²) in [7, 11) is 0. The SMILES string of the molecule is CCCN(CC)CCCNC(=O)COc1ccc2c(c1)c1c3c(c4c(c1n2CCN)CCc1[nH]ncc1-4)C(=O)NC3. The van der Waals surface area contributed by atoms with Crippen LogP contribution in [0.15, 0.2) is 24.4 Å². The number of amides is 2. The van der Waals surface area contributed by atoms with E-state index in [0.717, 1.165) is 101 Å². The molecule has 6 rings (SSSR count). The first-order valence-electron chi connectivity index (χ1n) is 14.8. The van der Waals surface area contributed by atoms with E-state index in [4.69, 9.17) is 10.5 Å². The van der Waals surface area contributed by atoms with E-state index >= 15 is 0 Å². The first-order chi connectivity index (χ1) is 20.0. The monoisotopic (exact) mass is 557 g/mol. The summed E-state index contributed by atoms with van der Waals surface area (Å²) < 4.78 is 8.25. The summed E-state index contributed by atoms with van der Waals surface area (Å²) in [5, 5.41) is 15.5. The summed E-state index contributed by atoms with van der Waals surface area (Å²) in [6.07, 6.45) is 5.52. The Morgan fingerprint density at radius 1 is 1.20 bits per heavy atom. The molecule has 0 atom stereocenters. The fourth-order valence-corrected chi connectivity index (χ4v) is 6.62. The molecule has 2 aromatic carbocycles. The lowest BCUT2D eigenvalue weighted by Gasteiger charge is -2.21. The van der Waals surface area contributed by atoms with Crippen molar-refractivity contribution in [2.24, 2.45) is 5.73 Å². The van der Waals surface area contributed by atoms with E-state index in [0.29, 0.717) is 31.9 Å². The molecule has 0 fully saturated rings. The van der Waals surface area contributed by atoms with Gasteiger partial charge in [0.1, 0.15) is 5.75 Å². The van der Waals surface area contributed by atoms with Crippen molar-refractivity contribution in [3.63, 3.8) is 0 Å². The second-order valence-electron chi connectivity index (χ2n) is 10.9. The molecule has 2 aromatic heterocycles. The van der Waals surface area contributed by atoms with Crippen LogP contribution in [0.25, 0.3) is 32.9 Å². The van der Waals surface area contributed by atoms with Gasteiger partial charge in [-0.2, -0.15) is 5.10 Å². The highest BCUT2D eigenvalue weighted by Gasteiger charge is 2.34. The molecule has 41 heavy (non-hydrogen) atoms. The van der Waals surface area contributed by atoms with Gasteiger partial charge in [0, 0.05) is 59.3 Å².